The van der Waals surface area contributed by atoms with E-state index in [0.717, 1.165) is 17.3 Å². The first kappa shape index (κ1) is 8.63. The minimum absolute atomic E-state index is 0.244. The number of carbonyl (C=O) groups is 1. The third-order valence-corrected chi connectivity index (χ3v) is 5.23. The second kappa shape index (κ2) is 2.77. The van der Waals surface area contributed by atoms with Crippen LogP contribution in [0.4, 0.5) is 0 Å². The molecule has 0 N–H and O–H groups in total. The fraction of sp³-hybridized carbons (Fsp3) is 0.750. The summed E-state index contributed by atoms with van der Waals surface area (Å²) in [6.45, 7) is 5.02. The van der Waals surface area contributed by atoms with E-state index in [0.29, 0.717) is 10.4 Å². The molecule has 4 heteroatoms. The van der Waals surface area contributed by atoms with E-state index in [9.17, 15) is 4.79 Å². The maximum absolute atomic E-state index is 11.4. The molecule has 0 bridgehead atoms. The summed E-state index contributed by atoms with van der Waals surface area (Å²) >= 11 is 3.19. The van der Waals surface area contributed by atoms with Gasteiger partial charge in [0.05, 0.1) is 10.5 Å². The number of rotatable bonds is 1. The Balaban J connectivity index is 2.25. The first-order valence-electron chi connectivity index (χ1n) is 4.04. The lowest BCUT2D eigenvalue weighted by Gasteiger charge is -2.41. The van der Waals surface area contributed by atoms with Gasteiger partial charge >= 0.3 is 0 Å². The summed E-state index contributed by atoms with van der Waals surface area (Å²) in [5.41, 5.74) is -0.244. The van der Waals surface area contributed by atoms with Gasteiger partial charge in [-0.2, -0.15) is 0 Å². The molecule has 0 aliphatic carbocycles. The van der Waals surface area contributed by atoms with E-state index < -0.39 is 0 Å². The van der Waals surface area contributed by atoms with Crippen LogP contribution < -0.4 is 0 Å². The molecule has 0 spiro atoms. The van der Waals surface area contributed by atoms with Gasteiger partial charge in [0.25, 0.3) is 0 Å². The van der Waals surface area contributed by atoms with Crippen LogP contribution in [0.2, 0.25) is 0 Å². The normalized spacial score (nSPS) is 41.0. The summed E-state index contributed by atoms with van der Waals surface area (Å²) in [5, 5.41) is 1.77. The van der Waals surface area contributed by atoms with E-state index in [1.54, 1.807) is 11.8 Å². The maximum Gasteiger partial charge on any atom is 0.202 e. The summed E-state index contributed by atoms with van der Waals surface area (Å²) in [7, 11) is 0. The first-order chi connectivity index (χ1) is 5.65. The van der Waals surface area contributed by atoms with Crippen molar-refractivity contribution < 1.29 is 4.79 Å². The van der Waals surface area contributed by atoms with Crippen LogP contribution in [0, 0.1) is 5.41 Å². The van der Waals surface area contributed by atoms with E-state index in [1.807, 2.05) is 6.92 Å². The second-order valence-corrected chi connectivity index (χ2v) is 5.68. The summed E-state index contributed by atoms with van der Waals surface area (Å²) in [6, 6.07) is 0. The van der Waals surface area contributed by atoms with E-state index in [2.05, 4.69) is 11.9 Å². The molecule has 0 amide bonds. The monoisotopic (exact) mass is 201 g/mol. The van der Waals surface area contributed by atoms with E-state index in [4.69, 9.17) is 0 Å². The zero-order valence-electron chi connectivity index (χ0n) is 7.16. The van der Waals surface area contributed by atoms with Crippen LogP contribution in [-0.2, 0) is 4.79 Å². The van der Waals surface area contributed by atoms with Crippen LogP contribution in [0.15, 0.2) is 4.99 Å². The SMILES string of the molecule is C[C@H]1SC(=O)[C@@]1(C)C1=NCCS1. The van der Waals surface area contributed by atoms with E-state index >= 15 is 0 Å². The Kier molecular flexibility index (Phi) is 1.99. The van der Waals surface area contributed by atoms with Gasteiger partial charge in [0.15, 0.2) is 0 Å². The van der Waals surface area contributed by atoms with Crippen LogP contribution in [0.3, 0.4) is 0 Å². The van der Waals surface area contributed by atoms with Crippen molar-refractivity contribution in [2.75, 3.05) is 12.3 Å². The molecule has 0 aromatic heterocycles. The Hall–Kier alpha value is 0.0400. The van der Waals surface area contributed by atoms with E-state index in [-0.39, 0.29) is 5.41 Å². The average Bonchev–Trinajstić information content (AvgIpc) is 2.55. The van der Waals surface area contributed by atoms with Crippen molar-refractivity contribution >= 4 is 33.7 Å². The minimum Gasteiger partial charge on any atom is -0.286 e. The fourth-order valence-electron chi connectivity index (χ4n) is 1.42. The molecule has 2 nitrogen and oxygen atoms in total. The summed E-state index contributed by atoms with van der Waals surface area (Å²) < 4.78 is 0. The molecule has 1 fully saturated rings. The van der Waals surface area contributed by atoms with Gasteiger partial charge in [-0.25, -0.2) is 0 Å². The number of aliphatic imine (C=N–C) groups is 1. The molecule has 0 aromatic rings. The van der Waals surface area contributed by atoms with Gasteiger partial charge in [0.2, 0.25) is 5.12 Å². The molecule has 2 atom stereocenters. The average molecular weight is 201 g/mol. The van der Waals surface area contributed by atoms with E-state index in [1.165, 1.54) is 11.8 Å². The Labute approximate surface area is 80.6 Å². The molecule has 0 unspecified atom stereocenters. The Morgan fingerprint density at radius 1 is 1.67 bits per heavy atom. The summed E-state index contributed by atoms with van der Waals surface area (Å²) in [4.78, 5) is 15.8. The van der Waals surface area contributed by atoms with Crippen molar-refractivity contribution in [1.29, 1.82) is 0 Å². The zero-order valence-corrected chi connectivity index (χ0v) is 8.80. The van der Waals surface area contributed by atoms with Gasteiger partial charge in [-0.15, -0.1) is 11.8 Å². The number of hydrogen-bond acceptors (Lipinski definition) is 4. The summed E-state index contributed by atoms with van der Waals surface area (Å²) in [5.74, 6) is 1.05. The van der Waals surface area contributed by atoms with Crippen molar-refractivity contribution in [2.24, 2.45) is 10.4 Å². The number of nitrogens with zero attached hydrogens (tertiary/aromatic N) is 1. The lowest BCUT2D eigenvalue weighted by atomic mass is 9.88. The lowest BCUT2D eigenvalue weighted by molar-refractivity contribution is -0.117. The third kappa shape index (κ3) is 0.973. The Morgan fingerprint density at radius 3 is 2.83 bits per heavy atom. The maximum atomic E-state index is 11.4. The fourth-order valence-corrected chi connectivity index (χ4v) is 3.79. The molecular formula is C8H11NOS2. The lowest BCUT2D eigenvalue weighted by Crippen LogP contribution is -2.49. The van der Waals surface area contributed by atoms with Gasteiger partial charge < -0.3 is 0 Å². The molecule has 2 aliphatic heterocycles. The van der Waals surface area contributed by atoms with Gasteiger partial charge in [-0.3, -0.25) is 9.79 Å². The van der Waals surface area contributed by atoms with Crippen molar-refractivity contribution in [3.05, 3.63) is 0 Å². The van der Waals surface area contributed by atoms with Gasteiger partial charge in [-0.05, 0) is 6.92 Å². The largest absolute Gasteiger partial charge is 0.286 e. The number of thioether (sulfide) groups is 2. The molecule has 2 heterocycles. The van der Waals surface area contributed by atoms with Crippen LogP contribution in [0.25, 0.3) is 0 Å². The molecular weight excluding hydrogens is 190 g/mol. The zero-order chi connectivity index (χ0) is 8.77. The van der Waals surface area contributed by atoms with Crippen molar-refractivity contribution in [3.8, 4) is 0 Å². The highest BCUT2D eigenvalue weighted by molar-refractivity contribution is 8.18. The molecule has 1 saturated heterocycles. The molecule has 0 saturated carbocycles. The van der Waals surface area contributed by atoms with Crippen LogP contribution in [0.1, 0.15) is 13.8 Å². The third-order valence-electron chi connectivity index (χ3n) is 2.55. The molecule has 12 heavy (non-hydrogen) atoms. The number of hydrogen-bond donors (Lipinski definition) is 0. The van der Waals surface area contributed by atoms with Gasteiger partial charge in [0.1, 0.15) is 0 Å². The minimum atomic E-state index is -0.244. The highest BCUT2D eigenvalue weighted by Gasteiger charge is 2.54. The van der Waals surface area contributed by atoms with Crippen LogP contribution in [-0.4, -0.2) is 27.7 Å². The molecule has 2 rings (SSSR count). The molecule has 0 radical (unpaired) electrons. The first-order valence-corrected chi connectivity index (χ1v) is 5.91. The standard InChI is InChI=1S/C8H11NOS2/c1-5-8(2,7(10)12-5)6-9-3-4-11-6/h5H,3-4H2,1-2H3/t5-,8-/m1/s1. The van der Waals surface area contributed by atoms with Gasteiger partial charge in [0, 0.05) is 17.5 Å². The number of carbonyl (C=O) groups excluding carboxylic acids is 1. The smallest absolute Gasteiger partial charge is 0.202 e. The highest BCUT2D eigenvalue weighted by atomic mass is 32.2. The second-order valence-electron chi connectivity index (χ2n) is 3.29. The van der Waals surface area contributed by atoms with Crippen molar-refractivity contribution in [2.45, 2.75) is 19.1 Å². The van der Waals surface area contributed by atoms with Crippen molar-refractivity contribution in [3.63, 3.8) is 0 Å². The molecule has 2 aliphatic rings. The predicted octanol–water partition coefficient (Wildman–Crippen LogP) is 1.80. The van der Waals surface area contributed by atoms with Crippen LogP contribution >= 0.6 is 23.5 Å². The van der Waals surface area contributed by atoms with Crippen molar-refractivity contribution in [1.82, 2.24) is 0 Å². The molecule has 66 valence electrons. The van der Waals surface area contributed by atoms with Gasteiger partial charge in [-0.1, -0.05) is 18.7 Å². The highest BCUT2D eigenvalue weighted by Crippen LogP contribution is 2.50. The quantitative estimate of drug-likeness (QED) is 0.648. The Bertz CT molecular complexity index is 264. The Morgan fingerprint density at radius 2 is 2.42 bits per heavy atom. The molecule has 0 aromatic carbocycles. The summed E-state index contributed by atoms with van der Waals surface area (Å²) in [6.07, 6.45) is 0. The predicted molar refractivity (Wildman–Crippen MR) is 54.9 cm³/mol. The topological polar surface area (TPSA) is 29.4 Å². The van der Waals surface area contributed by atoms with Crippen LogP contribution in [0.5, 0.6) is 0 Å².